The number of rotatable bonds is 5. The van der Waals surface area contributed by atoms with E-state index in [9.17, 15) is 4.79 Å². The molecule has 1 aliphatic heterocycles. The highest BCUT2D eigenvalue weighted by molar-refractivity contribution is 5.74. The molecule has 110 valence electrons. The Bertz CT molecular complexity index is 305. The maximum Gasteiger partial charge on any atom is 0.320 e. The summed E-state index contributed by atoms with van der Waals surface area (Å²) < 4.78 is 11.3. The number of hydrogen-bond acceptors (Lipinski definition) is 3. The van der Waals surface area contributed by atoms with E-state index in [2.05, 4.69) is 0 Å². The molecule has 1 saturated carbocycles. The van der Waals surface area contributed by atoms with Gasteiger partial charge in [0.1, 0.15) is 0 Å². The van der Waals surface area contributed by atoms with Crippen molar-refractivity contribution < 1.29 is 14.3 Å². The molecule has 0 N–H and O–H groups in total. The van der Waals surface area contributed by atoms with Crippen LogP contribution in [-0.4, -0.2) is 67.9 Å². The van der Waals surface area contributed by atoms with E-state index in [1.54, 1.807) is 4.90 Å². The molecule has 0 radical (unpaired) electrons. The average Bonchev–Trinajstić information content (AvgIpc) is 3.21. The van der Waals surface area contributed by atoms with Crippen molar-refractivity contribution in [1.82, 2.24) is 9.80 Å². The zero-order valence-corrected chi connectivity index (χ0v) is 12.3. The molecule has 0 spiro atoms. The van der Waals surface area contributed by atoms with Crippen LogP contribution >= 0.6 is 0 Å². The topological polar surface area (TPSA) is 42.0 Å². The van der Waals surface area contributed by atoms with Gasteiger partial charge in [0.05, 0.1) is 25.9 Å². The van der Waals surface area contributed by atoms with Crippen LogP contribution in [0, 0.1) is 5.92 Å². The van der Waals surface area contributed by atoms with Crippen LogP contribution in [0.1, 0.15) is 26.7 Å². The Kier molecular flexibility index (Phi) is 5.05. The average molecular weight is 270 g/mol. The Morgan fingerprint density at radius 1 is 1.42 bits per heavy atom. The van der Waals surface area contributed by atoms with E-state index in [0.717, 1.165) is 12.5 Å². The lowest BCUT2D eigenvalue weighted by Gasteiger charge is -2.36. The van der Waals surface area contributed by atoms with Gasteiger partial charge in [-0.05, 0) is 32.6 Å². The SMILES string of the molecule is CC(C)N(C)C(=O)N1CCO[C@@H](COCC2CC2)C1. The Labute approximate surface area is 115 Å². The number of amides is 2. The first kappa shape index (κ1) is 14.6. The lowest BCUT2D eigenvalue weighted by molar-refractivity contribution is -0.0627. The van der Waals surface area contributed by atoms with Crippen molar-refractivity contribution in [3.8, 4) is 0 Å². The number of ether oxygens (including phenoxy) is 2. The van der Waals surface area contributed by atoms with Crippen LogP contribution in [0.2, 0.25) is 0 Å². The Balaban J connectivity index is 1.73. The van der Waals surface area contributed by atoms with Gasteiger partial charge in [0.2, 0.25) is 0 Å². The second-order valence-corrected chi connectivity index (χ2v) is 5.91. The molecular formula is C14H26N2O3. The summed E-state index contributed by atoms with van der Waals surface area (Å²) >= 11 is 0. The van der Waals surface area contributed by atoms with Gasteiger partial charge in [-0.25, -0.2) is 4.79 Å². The van der Waals surface area contributed by atoms with Gasteiger partial charge < -0.3 is 19.3 Å². The van der Waals surface area contributed by atoms with Gasteiger partial charge in [-0.1, -0.05) is 0 Å². The zero-order valence-electron chi connectivity index (χ0n) is 12.3. The lowest BCUT2D eigenvalue weighted by atomic mass is 10.3. The maximum absolute atomic E-state index is 12.2. The molecule has 2 amide bonds. The first-order valence-corrected chi connectivity index (χ1v) is 7.29. The van der Waals surface area contributed by atoms with E-state index in [1.165, 1.54) is 12.8 Å². The van der Waals surface area contributed by atoms with Gasteiger partial charge >= 0.3 is 6.03 Å². The molecular weight excluding hydrogens is 244 g/mol. The molecule has 5 heteroatoms. The minimum absolute atomic E-state index is 0.0250. The largest absolute Gasteiger partial charge is 0.378 e. The number of carbonyl (C=O) groups is 1. The maximum atomic E-state index is 12.2. The Morgan fingerprint density at radius 2 is 2.16 bits per heavy atom. The van der Waals surface area contributed by atoms with Gasteiger partial charge in [0.15, 0.2) is 0 Å². The molecule has 2 rings (SSSR count). The molecule has 0 bridgehead atoms. The fraction of sp³-hybridized carbons (Fsp3) is 0.929. The van der Waals surface area contributed by atoms with E-state index >= 15 is 0 Å². The number of morpholine rings is 1. The predicted molar refractivity (Wildman–Crippen MR) is 73.2 cm³/mol. The van der Waals surface area contributed by atoms with Crippen LogP contribution in [0.15, 0.2) is 0 Å². The van der Waals surface area contributed by atoms with Crippen molar-refractivity contribution in [2.24, 2.45) is 5.92 Å². The van der Waals surface area contributed by atoms with E-state index in [0.29, 0.717) is 26.3 Å². The summed E-state index contributed by atoms with van der Waals surface area (Å²) in [5.74, 6) is 0.772. The summed E-state index contributed by atoms with van der Waals surface area (Å²) in [5, 5.41) is 0. The van der Waals surface area contributed by atoms with Crippen molar-refractivity contribution in [1.29, 1.82) is 0 Å². The summed E-state index contributed by atoms with van der Waals surface area (Å²) in [6.45, 7) is 7.42. The summed E-state index contributed by atoms with van der Waals surface area (Å²) in [7, 11) is 1.85. The van der Waals surface area contributed by atoms with Crippen LogP contribution in [0.4, 0.5) is 4.79 Å². The molecule has 1 atom stereocenters. The molecule has 2 aliphatic rings. The van der Waals surface area contributed by atoms with Crippen LogP contribution < -0.4 is 0 Å². The van der Waals surface area contributed by atoms with Gasteiger partial charge in [-0.3, -0.25) is 0 Å². The monoisotopic (exact) mass is 270 g/mol. The van der Waals surface area contributed by atoms with E-state index in [1.807, 2.05) is 25.8 Å². The predicted octanol–water partition coefficient (Wildman–Crippen LogP) is 1.57. The van der Waals surface area contributed by atoms with Gasteiger partial charge in [0.25, 0.3) is 0 Å². The smallest absolute Gasteiger partial charge is 0.320 e. The fourth-order valence-corrected chi connectivity index (χ4v) is 2.09. The minimum Gasteiger partial charge on any atom is -0.378 e. The highest BCUT2D eigenvalue weighted by atomic mass is 16.5. The van der Waals surface area contributed by atoms with Crippen molar-refractivity contribution >= 4 is 6.03 Å². The molecule has 2 fully saturated rings. The Morgan fingerprint density at radius 3 is 2.79 bits per heavy atom. The zero-order chi connectivity index (χ0) is 13.8. The van der Waals surface area contributed by atoms with E-state index in [4.69, 9.17) is 9.47 Å². The normalized spacial score (nSPS) is 23.8. The first-order valence-electron chi connectivity index (χ1n) is 7.29. The number of urea groups is 1. The Hall–Kier alpha value is -0.810. The number of hydrogen-bond donors (Lipinski definition) is 0. The van der Waals surface area contributed by atoms with Crippen LogP contribution in [0.3, 0.4) is 0 Å². The molecule has 0 aromatic carbocycles. The third-order valence-electron chi connectivity index (χ3n) is 3.84. The quantitative estimate of drug-likeness (QED) is 0.761. The summed E-state index contributed by atoms with van der Waals surface area (Å²) in [5.41, 5.74) is 0. The highest BCUT2D eigenvalue weighted by Crippen LogP contribution is 2.28. The lowest BCUT2D eigenvalue weighted by Crippen LogP contribution is -2.52. The molecule has 19 heavy (non-hydrogen) atoms. The standard InChI is InChI=1S/C14H26N2O3/c1-11(2)15(3)14(17)16-6-7-19-13(8-16)10-18-9-12-4-5-12/h11-13H,4-10H2,1-3H3/t13-/m1/s1. The molecule has 0 aromatic rings. The van der Waals surface area contributed by atoms with Crippen LogP contribution in [0.5, 0.6) is 0 Å². The fourth-order valence-electron chi connectivity index (χ4n) is 2.09. The van der Waals surface area contributed by atoms with Crippen LogP contribution in [0.25, 0.3) is 0 Å². The third kappa shape index (κ3) is 4.35. The van der Waals surface area contributed by atoms with Crippen molar-refractivity contribution in [2.75, 3.05) is 40.0 Å². The molecule has 1 saturated heterocycles. The first-order chi connectivity index (χ1) is 9.08. The summed E-state index contributed by atoms with van der Waals surface area (Å²) in [6.07, 6.45) is 2.63. The molecule has 0 aromatic heterocycles. The van der Waals surface area contributed by atoms with Crippen molar-refractivity contribution in [3.05, 3.63) is 0 Å². The second-order valence-electron chi connectivity index (χ2n) is 5.91. The van der Waals surface area contributed by atoms with Crippen molar-refractivity contribution in [3.63, 3.8) is 0 Å². The van der Waals surface area contributed by atoms with Gasteiger partial charge in [-0.15, -0.1) is 0 Å². The minimum atomic E-state index is 0.0250. The molecule has 1 heterocycles. The second kappa shape index (κ2) is 6.57. The van der Waals surface area contributed by atoms with Gasteiger partial charge in [-0.2, -0.15) is 0 Å². The summed E-state index contributed by atoms with van der Waals surface area (Å²) in [4.78, 5) is 15.9. The van der Waals surface area contributed by atoms with Gasteiger partial charge in [0, 0.05) is 26.2 Å². The summed E-state index contributed by atoms with van der Waals surface area (Å²) in [6, 6.07) is 0.311. The van der Waals surface area contributed by atoms with E-state index < -0.39 is 0 Å². The van der Waals surface area contributed by atoms with Crippen molar-refractivity contribution in [2.45, 2.75) is 38.8 Å². The van der Waals surface area contributed by atoms with E-state index in [-0.39, 0.29) is 18.2 Å². The highest BCUT2D eigenvalue weighted by Gasteiger charge is 2.28. The third-order valence-corrected chi connectivity index (χ3v) is 3.84. The molecule has 1 aliphatic carbocycles. The molecule has 5 nitrogen and oxygen atoms in total. The number of carbonyl (C=O) groups excluding carboxylic acids is 1. The molecule has 0 unspecified atom stereocenters. The number of nitrogens with zero attached hydrogens (tertiary/aromatic N) is 2. The van der Waals surface area contributed by atoms with Crippen LogP contribution in [-0.2, 0) is 9.47 Å².